The molecule has 1 saturated carbocycles. The lowest BCUT2D eigenvalue weighted by Gasteiger charge is -2.06. The number of hydrogen-bond donors (Lipinski definition) is 2. The van der Waals surface area contributed by atoms with E-state index in [0.717, 1.165) is 5.70 Å². The van der Waals surface area contributed by atoms with Crippen LogP contribution in [0.3, 0.4) is 0 Å². The Morgan fingerprint density at radius 2 is 2.10 bits per heavy atom. The van der Waals surface area contributed by atoms with Crippen molar-refractivity contribution >= 4 is 5.91 Å². The Morgan fingerprint density at radius 1 is 1.50 bits per heavy atom. The zero-order valence-electron chi connectivity index (χ0n) is 6.11. The highest BCUT2D eigenvalue weighted by Crippen LogP contribution is 2.33. The second-order valence-corrected chi connectivity index (χ2v) is 2.61. The maximum Gasteiger partial charge on any atom is 0.235 e. The first-order valence-electron chi connectivity index (χ1n) is 3.41. The fourth-order valence-corrected chi connectivity index (χ4v) is 0.702. The van der Waals surface area contributed by atoms with E-state index in [1.807, 2.05) is 0 Å². The van der Waals surface area contributed by atoms with Gasteiger partial charge in [0.15, 0.2) is 0 Å². The number of carbonyl (C=O) groups excluding carboxylic acids is 1. The Labute approximate surface area is 60.5 Å². The molecule has 0 aromatic rings. The van der Waals surface area contributed by atoms with Crippen LogP contribution < -0.4 is 10.9 Å². The van der Waals surface area contributed by atoms with Crippen molar-refractivity contribution < 1.29 is 4.79 Å². The first-order valence-corrected chi connectivity index (χ1v) is 3.41. The van der Waals surface area contributed by atoms with Gasteiger partial charge in [0, 0.05) is 12.6 Å². The van der Waals surface area contributed by atoms with Crippen LogP contribution in [0.15, 0.2) is 12.3 Å². The van der Waals surface area contributed by atoms with Crippen molar-refractivity contribution in [1.29, 1.82) is 0 Å². The molecule has 0 aliphatic heterocycles. The quantitative estimate of drug-likeness (QED) is 0.562. The fraction of sp³-hybridized carbons (Fsp3) is 0.571. The van der Waals surface area contributed by atoms with E-state index in [0.29, 0.717) is 5.92 Å². The summed E-state index contributed by atoms with van der Waals surface area (Å²) < 4.78 is 0. The van der Waals surface area contributed by atoms with Gasteiger partial charge in [-0.1, -0.05) is 6.58 Å². The molecule has 56 valence electrons. The van der Waals surface area contributed by atoms with Crippen LogP contribution in [0, 0.1) is 5.92 Å². The van der Waals surface area contributed by atoms with Crippen molar-refractivity contribution in [3.8, 4) is 0 Å². The van der Waals surface area contributed by atoms with Crippen molar-refractivity contribution in [1.82, 2.24) is 10.9 Å². The van der Waals surface area contributed by atoms with Gasteiger partial charge in [0.05, 0.1) is 0 Å². The summed E-state index contributed by atoms with van der Waals surface area (Å²) in [6, 6.07) is 0. The summed E-state index contributed by atoms with van der Waals surface area (Å²) in [5.41, 5.74) is 6.15. The molecular formula is C7H12N2O. The number of carbonyl (C=O) groups is 1. The van der Waals surface area contributed by atoms with E-state index < -0.39 is 0 Å². The zero-order chi connectivity index (χ0) is 7.56. The Morgan fingerprint density at radius 3 is 2.50 bits per heavy atom. The summed E-state index contributed by atoms with van der Waals surface area (Å²) in [4.78, 5) is 10.4. The first kappa shape index (κ1) is 7.12. The van der Waals surface area contributed by atoms with Gasteiger partial charge in [-0.25, -0.2) is 0 Å². The summed E-state index contributed by atoms with van der Waals surface area (Å²) in [6.45, 7) is 5.23. The largest absolute Gasteiger partial charge is 0.303 e. The Balaban J connectivity index is 2.12. The third-order valence-corrected chi connectivity index (χ3v) is 1.47. The van der Waals surface area contributed by atoms with Crippen molar-refractivity contribution in [3.63, 3.8) is 0 Å². The summed E-state index contributed by atoms with van der Waals surface area (Å²) >= 11 is 0. The topological polar surface area (TPSA) is 41.1 Å². The van der Waals surface area contributed by atoms with Crippen LogP contribution in [0.2, 0.25) is 0 Å². The summed E-state index contributed by atoms with van der Waals surface area (Å²) in [5, 5.41) is 0. The molecule has 1 rings (SSSR count). The molecule has 1 aliphatic rings. The number of rotatable bonds is 3. The summed E-state index contributed by atoms with van der Waals surface area (Å²) in [7, 11) is 0. The SMILES string of the molecule is C=C(NNC(C)=O)C1CC1. The van der Waals surface area contributed by atoms with Gasteiger partial charge in [0.2, 0.25) is 5.91 Å². The summed E-state index contributed by atoms with van der Waals surface area (Å²) in [6.07, 6.45) is 2.40. The predicted molar refractivity (Wildman–Crippen MR) is 38.8 cm³/mol. The lowest BCUT2D eigenvalue weighted by molar-refractivity contribution is -0.119. The van der Waals surface area contributed by atoms with Crippen LogP contribution in [0.4, 0.5) is 0 Å². The molecule has 3 nitrogen and oxygen atoms in total. The van der Waals surface area contributed by atoms with Crippen molar-refractivity contribution in [3.05, 3.63) is 12.3 Å². The van der Waals surface area contributed by atoms with Crippen LogP contribution in [-0.4, -0.2) is 5.91 Å². The van der Waals surface area contributed by atoms with Crippen LogP contribution in [0.5, 0.6) is 0 Å². The van der Waals surface area contributed by atoms with E-state index in [4.69, 9.17) is 0 Å². The van der Waals surface area contributed by atoms with Crippen molar-refractivity contribution in [2.45, 2.75) is 19.8 Å². The highest BCUT2D eigenvalue weighted by Gasteiger charge is 2.24. The lowest BCUT2D eigenvalue weighted by Crippen LogP contribution is -2.35. The zero-order valence-corrected chi connectivity index (χ0v) is 6.11. The van der Waals surface area contributed by atoms with E-state index in [-0.39, 0.29) is 5.91 Å². The monoisotopic (exact) mass is 140 g/mol. The molecule has 0 heterocycles. The Bertz CT molecular complexity index is 161. The second kappa shape index (κ2) is 2.73. The Kier molecular flexibility index (Phi) is 1.94. The minimum atomic E-state index is -0.0817. The third-order valence-electron chi connectivity index (χ3n) is 1.47. The van der Waals surface area contributed by atoms with Crippen LogP contribution >= 0.6 is 0 Å². The number of hydrogen-bond acceptors (Lipinski definition) is 2. The van der Waals surface area contributed by atoms with Crippen LogP contribution in [0.25, 0.3) is 0 Å². The molecule has 0 unspecified atom stereocenters. The minimum Gasteiger partial charge on any atom is -0.303 e. The van der Waals surface area contributed by atoms with Gasteiger partial charge in [0.1, 0.15) is 0 Å². The average molecular weight is 140 g/mol. The molecule has 0 radical (unpaired) electrons. The third kappa shape index (κ3) is 2.09. The highest BCUT2D eigenvalue weighted by molar-refractivity contribution is 5.72. The van der Waals surface area contributed by atoms with E-state index in [2.05, 4.69) is 17.4 Å². The minimum absolute atomic E-state index is 0.0817. The van der Waals surface area contributed by atoms with Gasteiger partial charge >= 0.3 is 0 Å². The normalized spacial score (nSPS) is 16.1. The smallest absolute Gasteiger partial charge is 0.235 e. The van der Waals surface area contributed by atoms with E-state index in [1.165, 1.54) is 19.8 Å². The molecule has 0 bridgehead atoms. The van der Waals surface area contributed by atoms with Gasteiger partial charge in [-0.3, -0.25) is 10.2 Å². The molecule has 0 atom stereocenters. The van der Waals surface area contributed by atoms with Crippen LogP contribution in [-0.2, 0) is 4.79 Å². The van der Waals surface area contributed by atoms with E-state index in [1.54, 1.807) is 0 Å². The van der Waals surface area contributed by atoms with Gasteiger partial charge in [-0.15, -0.1) is 0 Å². The molecule has 0 spiro atoms. The highest BCUT2D eigenvalue weighted by atomic mass is 16.2. The molecule has 1 fully saturated rings. The van der Waals surface area contributed by atoms with Gasteiger partial charge in [0.25, 0.3) is 0 Å². The molecular weight excluding hydrogens is 128 g/mol. The van der Waals surface area contributed by atoms with Crippen LogP contribution in [0.1, 0.15) is 19.8 Å². The van der Waals surface area contributed by atoms with E-state index in [9.17, 15) is 4.79 Å². The maximum atomic E-state index is 10.4. The Hall–Kier alpha value is -0.990. The summed E-state index contributed by atoms with van der Waals surface area (Å²) in [5.74, 6) is 0.508. The maximum absolute atomic E-state index is 10.4. The van der Waals surface area contributed by atoms with Crippen molar-refractivity contribution in [2.75, 3.05) is 0 Å². The molecule has 1 aliphatic carbocycles. The molecule has 0 saturated heterocycles. The van der Waals surface area contributed by atoms with Gasteiger partial charge in [-0.2, -0.15) is 0 Å². The first-order chi connectivity index (χ1) is 4.70. The van der Waals surface area contributed by atoms with Gasteiger partial charge in [-0.05, 0) is 18.8 Å². The lowest BCUT2D eigenvalue weighted by atomic mass is 10.3. The average Bonchev–Trinajstić information content (AvgIpc) is 2.63. The fourth-order valence-electron chi connectivity index (χ4n) is 0.702. The predicted octanol–water partition coefficient (Wildman–Crippen LogP) is 0.551. The van der Waals surface area contributed by atoms with Crippen molar-refractivity contribution in [2.24, 2.45) is 5.92 Å². The molecule has 10 heavy (non-hydrogen) atoms. The molecule has 0 aromatic heterocycles. The number of hydrazine groups is 1. The molecule has 2 N–H and O–H groups in total. The van der Waals surface area contributed by atoms with E-state index >= 15 is 0 Å². The number of amides is 1. The molecule has 1 amide bonds. The standard InChI is InChI=1S/C7H12N2O/c1-5(7-3-4-7)8-9-6(2)10/h7-8H,1,3-4H2,2H3,(H,9,10). The number of nitrogens with one attached hydrogen (secondary N) is 2. The van der Waals surface area contributed by atoms with Gasteiger partial charge < -0.3 is 5.43 Å². The molecule has 0 aromatic carbocycles. The second-order valence-electron chi connectivity index (χ2n) is 2.61. The number of allylic oxidation sites excluding steroid dienone is 1. The molecule has 3 heteroatoms.